The summed E-state index contributed by atoms with van der Waals surface area (Å²) < 4.78 is 5.22. The third-order valence-corrected chi connectivity index (χ3v) is 4.52. The summed E-state index contributed by atoms with van der Waals surface area (Å²) in [5, 5.41) is 0. The van der Waals surface area contributed by atoms with Crippen molar-refractivity contribution in [1.29, 1.82) is 0 Å². The molecule has 0 unspecified atom stereocenters. The van der Waals surface area contributed by atoms with Gasteiger partial charge in [0.2, 0.25) is 0 Å². The van der Waals surface area contributed by atoms with Crippen LogP contribution in [0.5, 0.6) is 0 Å². The molecule has 3 rings (SSSR count). The highest BCUT2D eigenvalue weighted by Crippen LogP contribution is 2.35. The van der Waals surface area contributed by atoms with E-state index in [1.165, 1.54) is 0 Å². The zero-order chi connectivity index (χ0) is 19.6. The summed E-state index contributed by atoms with van der Waals surface area (Å²) in [7, 11) is 0. The van der Waals surface area contributed by atoms with E-state index >= 15 is 0 Å². The number of esters is 1. The van der Waals surface area contributed by atoms with Crippen LogP contribution in [0.2, 0.25) is 0 Å². The fourth-order valence-electron chi connectivity index (χ4n) is 3.21. The number of hydrogen-bond acceptors (Lipinski definition) is 3. The smallest absolute Gasteiger partial charge is 0.340 e. The predicted molar refractivity (Wildman–Crippen MR) is 107 cm³/mol. The first-order chi connectivity index (χ1) is 12.9. The monoisotopic (exact) mass is 361 g/mol. The number of aryl methyl sites for hydroxylation is 2. The maximum absolute atomic E-state index is 13.2. The number of nitrogens with zero attached hydrogens (tertiary/aromatic N) is 1. The first-order valence-corrected chi connectivity index (χ1v) is 9.00. The molecule has 0 aromatic heterocycles. The van der Waals surface area contributed by atoms with Crippen molar-refractivity contribution in [2.75, 3.05) is 11.5 Å². The molecule has 2 aromatic carbocycles. The van der Waals surface area contributed by atoms with Gasteiger partial charge in [0, 0.05) is 11.4 Å². The molecule has 1 aliphatic heterocycles. The lowest BCUT2D eigenvalue weighted by atomic mass is 10.0. The maximum Gasteiger partial charge on any atom is 0.340 e. The van der Waals surface area contributed by atoms with Gasteiger partial charge in [0.25, 0.3) is 5.91 Å². The van der Waals surface area contributed by atoms with Crippen LogP contribution in [0.4, 0.5) is 5.69 Å². The van der Waals surface area contributed by atoms with Crippen molar-refractivity contribution in [2.45, 2.75) is 27.7 Å². The Labute approximate surface area is 159 Å². The highest BCUT2D eigenvalue weighted by molar-refractivity contribution is 6.23. The van der Waals surface area contributed by atoms with Crippen molar-refractivity contribution < 1.29 is 14.3 Å². The van der Waals surface area contributed by atoms with Gasteiger partial charge in [-0.1, -0.05) is 47.5 Å². The molecule has 0 atom stereocenters. The van der Waals surface area contributed by atoms with Crippen LogP contribution in [-0.2, 0) is 14.3 Å². The second-order valence-electron chi connectivity index (χ2n) is 6.63. The zero-order valence-corrected chi connectivity index (χ0v) is 16.1. The Kier molecular flexibility index (Phi) is 5.26. The molecule has 0 radical (unpaired) electrons. The Morgan fingerprint density at radius 3 is 2.37 bits per heavy atom. The van der Waals surface area contributed by atoms with Gasteiger partial charge < -0.3 is 4.74 Å². The minimum atomic E-state index is -0.475. The molecule has 0 fully saturated rings. The van der Waals surface area contributed by atoms with Crippen LogP contribution in [0.3, 0.4) is 0 Å². The number of anilines is 1. The summed E-state index contributed by atoms with van der Waals surface area (Å²) in [6.45, 7) is 7.77. The number of rotatable bonds is 4. The molecule has 1 aliphatic rings. The highest BCUT2D eigenvalue weighted by Gasteiger charge is 2.38. The summed E-state index contributed by atoms with van der Waals surface area (Å²) in [4.78, 5) is 27.4. The number of benzene rings is 2. The van der Waals surface area contributed by atoms with Crippen LogP contribution in [0.25, 0.3) is 6.08 Å². The van der Waals surface area contributed by atoms with Crippen molar-refractivity contribution in [3.8, 4) is 0 Å². The van der Waals surface area contributed by atoms with Gasteiger partial charge in [-0.05, 0) is 51.5 Å². The van der Waals surface area contributed by atoms with Gasteiger partial charge in [-0.3, -0.25) is 9.69 Å². The average molecular weight is 361 g/mol. The van der Waals surface area contributed by atoms with Crippen molar-refractivity contribution >= 4 is 23.6 Å². The van der Waals surface area contributed by atoms with Crippen LogP contribution >= 0.6 is 0 Å². The third kappa shape index (κ3) is 3.70. The van der Waals surface area contributed by atoms with Crippen molar-refractivity contribution in [3.05, 3.63) is 82.1 Å². The second kappa shape index (κ2) is 7.62. The predicted octanol–water partition coefficient (Wildman–Crippen LogP) is 4.57. The number of carbonyl (C=O) groups excluding carboxylic acids is 2. The van der Waals surface area contributed by atoms with Crippen molar-refractivity contribution in [2.24, 2.45) is 0 Å². The molecule has 0 N–H and O–H groups in total. The van der Waals surface area contributed by atoms with E-state index in [4.69, 9.17) is 4.74 Å². The third-order valence-electron chi connectivity index (χ3n) is 4.52. The normalized spacial score (nSPS) is 15.6. The molecule has 1 amide bonds. The minimum absolute atomic E-state index is 0.221. The Morgan fingerprint density at radius 1 is 1.04 bits per heavy atom. The molecule has 0 spiro atoms. The van der Waals surface area contributed by atoms with Crippen LogP contribution in [0.15, 0.2) is 65.4 Å². The van der Waals surface area contributed by atoms with Gasteiger partial charge in [0.1, 0.15) is 0 Å². The van der Waals surface area contributed by atoms with E-state index in [-0.39, 0.29) is 12.5 Å². The Hall–Kier alpha value is -3.14. The summed E-state index contributed by atoms with van der Waals surface area (Å²) in [6, 6.07) is 15.5. The number of ether oxygens (including phenoxy) is 1. The second-order valence-corrected chi connectivity index (χ2v) is 6.63. The molecule has 2 aromatic rings. The fraction of sp³-hybridized carbons (Fsp3) is 0.217. The van der Waals surface area contributed by atoms with E-state index in [9.17, 15) is 9.59 Å². The molecular formula is C23H23NO3. The molecular weight excluding hydrogens is 338 g/mol. The van der Waals surface area contributed by atoms with Crippen molar-refractivity contribution in [3.63, 3.8) is 0 Å². The quantitative estimate of drug-likeness (QED) is 0.592. The van der Waals surface area contributed by atoms with Gasteiger partial charge in [0.05, 0.1) is 17.8 Å². The van der Waals surface area contributed by atoms with Gasteiger partial charge in [-0.25, -0.2) is 4.79 Å². The fourth-order valence-corrected chi connectivity index (χ4v) is 3.21. The molecule has 1 heterocycles. The van der Waals surface area contributed by atoms with E-state index in [2.05, 4.69) is 0 Å². The van der Waals surface area contributed by atoms with Gasteiger partial charge >= 0.3 is 5.97 Å². The molecule has 0 saturated carbocycles. The number of allylic oxidation sites excluding steroid dienone is 1. The van der Waals surface area contributed by atoms with Gasteiger partial charge in [0.15, 0.2) is 0 Å². The van der Waals surface area contributed by atoms with E-state index < -0.39 is 5.97 Å². The highest BCUT2D eigenvalue weighted by atomic mass is 16.5. The topological polar surface area (TPSA) is 46.6 Å². The minimum Gasteiger partial charge on any atom is -0.462 e. The Balaban J connectivity index is 2.12. The zero-order valence-electron chi connectivity index (χ0n) is 16.1. The first kappa shape index (κ1) is 18.6. The lowest BCUT2D eigenvalue weighted by molar-refractivity contribution is -0.138. The van der Waals surface area contributed by atoms with E-state index in [0.29, 0.717) is 16.8 Å². The number of hydrogen-bond donors (Lipinski definition) is 0. The van der Waals surface area contributed by atoms with Crippen molar-refractivity contribution in [1.82, 2.24) is 0 Å². The van der Waals surface area contributed by atoms with E-state index in [0.717, 1.165) is 22.4 Å². The Bertz CT molecular complexity index is 952. The summed E-state index contributed by atoms with van der Waals surface area (Å²) in [6.07, 6.45) is 1.76. The molecule has 0 saturated heterocycles. The largest absolute Gasteiger partial charge is 0.462 e. The SMILES string of the molecule is CCOC(=O)C1=C(C)N(c2ccc(C)cc2)C(=O)/C1=C\c1cccc(C)c1. The molecule has 4 heteroatoms. The van der Waals surface area contributed by atoms with Crippen LogP contribution < -0.4 is 4.90 Å². The average Bonchev–Trinajstić information content (AvgIpc) is 2.86. The number of amides is 1. The molecule has 4 nitrogen and oxygen atoms in total. The summed E-state index contributed by atoms with van der Waals surface area (Å²) in [5.41, 5.74) is 5.07. The molecule has 0 bridgehead atoms. The molecule has 27 heavy (non-hydrogen) atoms. The van der Waals surface area contributed by atoms with Crippen LogP contribution in [0, 0.1) is 13.8 Å². The van der Waals surface area contributed by atoms with Gasteiger partial charge in [-0.2, -0.15) is 0 Å². The van der Waals surface area contributed by atoms with Gasteiger partial charge in [-0.15, -0.1) is 0 Å². The van der Waals surface area contributed by atoms with Crippen LogP contribution in [-0.4, -0.2) is 18.5 Å². The maximum atomic E-state index is 13.2. The summed E-state index contributed by atoms with van der Waals surface area (Å²) >= 11 is 0. The standard InChI is InChI=1S/C23H23NO3/c1-5-27-23(26)21-17(4)24(19-11-9-15(2)10-12-19)22(25)20(21)14-18-8-6-7-16(3)13-18/h6-14H,5H2,1-4H3/b20-14-. The van der Waals surface area contributed by atoms with E-state index in [1.807, 2.05) is 62.4 Å². The molecule has 138 valence electrons. The van der Waals surface area contributed by atoms with E-state index in [1.54, 1.807) is 24.8 Å². The summed E-state index contributed by atoms with van der Waals surface area (Å²) in [5.74, 6) is -0.697. The lowest BCUT2D eigenvalue weighted by Gasteiger charge is -2.18. The Morgan fingerprint density at radius 2 is 1.74 bits per heavy atom. The lowest BCUT2D eigenvalue weighted by Crippen LogP contribution is -2.24. The molecule has 0 aliphatic carbocycles. The number of carbonyl (C=O) groups is 2. The first-order valence-electron chi connectivity index (χ1n) is 9.00. The van der Waals surface area contributed by atoms with Crippen LogP contribution in [0.1, 0.15) is 30.5 Å².